The largest absolute Gasteiger partial charge is 0.352 e. The summed E-state index contributed by atoms with van der Waals surface area (Å²) in [5.74, 6) is 0.698. The summed E-state index contributed by atoms with van der Waals surface area (Å²) in [6.45, 7) is 3.37. The normalized spacial score (nSPS) is 11.6. The first-order valence-electron chi connectivity index (χ1n) is 8.41. The molecule has 0 fully saturated rings. The van der Waals surface area contributed by atoms with Gasteiger partial charge in [-0.05, 0) is 30.7 Å². The minimum atomic E-state index is -3.25. The van der Waals surface area contributed by atoms with Gasteiger partial charge in [-0.1, -0.05) is 54.1 Å². The molecule has 0 aliphatic heterocycles. The van der Waals surface area contributed by atoms with Gasteiger partial charge in [0.25, 0.3) is 0 Å². The Morgan fingerprint density at radius 3 is 1.78 bits per heavy atom. The predicted molar refractivity (Wildman–Crippen MR) is 122 cm³/mol. The van der Waals surface area contributed by atoms with Gasteiger partial charge in [-0.2, -0.15) is 0 Å². The molecule has 148 valence electrons. The summed E-state index contributed by atoms with van der Waals surface area (Å²) in [5.41, 5.74) is 4.23. The predicted octanol–water partition coefficient (Wildman–Crippen LogP) is 2.53. The Balaban J connectivity index is 0.00000364. The summed E-state index contributed by atoms with van der Waals surface area (Å²) in [5, 5.41) is 6.53. The van der Waals surface area contributed by atoms with E-state index in [0.717, 1.165) is 11.1 Å². The molecule has 0 saturated heterocycles. The molecule has 0 aliphatic carbocycles. The summed E-state index contributed by atoms with van der Waals surface area (Å²) in [7, 11) is -0.0945. The fourth-order valence-corrected chi connectivity index (χ4v) is 3.12. The van der Waals surface area contributed by atoms with E-state index < -0.39 is 10.0 Å². The van der Waals surface area contributed by atoms with Crippen LogP contribution < -0.4 is 15.4 Å². The Morgan fingerprint density at radius 1 is 0.889 bits per heavy atom. The zero-order valence-electron chi connectivity index (χ0n) is 15.8. The lowest BCUT2D eigenvalue weighted by atomic mass is 10.1. The number of nitrogens with zero attached hydrogens (tertiary/aromatic N) is 1. The topological polar surface area (TPSA) is 82.6 Å². The molecular weight excluding hydrogens is 475 g/mol. The van der Waals surface area contributed by atoms with E-state index in [4.69, 9.17) is 0 Å². The smallest absolute Gasteiger partial charge is 0.215 e. The van der Waals surface area contributed by atoms with Gasteiger partial charge < -0.3 is 10.6 Å². The first kappa shape index (κ1) is 23.4. The number of hydrogen-bond donors (Lipinski definition) is 3. The molecule has 27 heavy (non-hydrogen) atoms. The van der Waals surface area contributed by atoms with E-state index in [0.29, 0.717) is 19.0 Å². The lowest BCUT2D eigenvalue weighted by Crippen LogP contribution is -2.36. The SMILES string of the molecule is CN=C(NCc1ccc(C)cc1)NCc1ccc(CS(=O)(=O)NC)cc1.I. The van der Waals surface area contributed by atoms with Crippen molar-refractivity contribution in [1.29, 1.82) is 0 Å². The maximum atomic E-state index is 11.6. The number of benzene rings is 2. The summed E-state index contributed by atoms with van der Waals surface area (Å²) in [4.78, 5) is 4.22. The van der Waals surface area contributed by atoms with E-state index in [2.05, 4.69) is 51.5 Å². The van der Waals surface area contributed by atoms with Gasteiger partial charge in [0.2, 0.25) is 10.0 Å². The number of sulfonamides is 1. The molecule has 0 radical (unpaired) electrons. The molecule has 0 saturated carbocycles. The van der Waals surface area contributed by atoms with Crippen molar-refractivity contribution in [3.05, 3.63) is 70.8 Å². The van der Waals surface area contributed by atoms with Gasteiger partial charge in [-0.3, -0.25) is 4.99 Å². The van der Waals surface area contributed by atoms with E-state index in [9.17, 15) is 8.42 Å². The molecule has 0 heterocycles. The van der Waals surface area contributed by atoms with Crippen molar-refractivity contribution in [2.24, 2.45) is 4.99 Å². The lowest BCUT2D eigenvalue weighted by molar-refractivity contribution is 0.587. The second-order valence-electron chi connectivity index (χ2n) is 6.04. The third kappa shape index (κ3) is 8.27. The Bertz CT molecular complexity index is 835. The molecule has 0 aromatic heterocycles. The average molecular weight is 502 g/mol. The van der Waals surface area contributed by atoms with Crippen molar-refractivity contribution in [2.45, 2.75) is 25.8 Å². The van der Waals surface area contributed by atoms with E-state index in [1.165, 1.54) is 18.2 Å². The van der Waals surface area contributed by atoms with Crippen LogP contribution in [-0.4, -0.2) is 28.5 Å². The molecule has 0 atom stereocenters. The van der Waals surface area contributed by atoms with Crippen LogP contribution in [0.25, 0.3) is 0 Å². The zero-order valence-corrected chi connectivity index (χ0v) is 19.0. The first-order valence-corrected chi connectivity index (χ1v) is 10.1. The van der Waals surface area contributed by atoms with Crippen LogP contribution in [0.2, 0.25) is 0 Å². The van der Waals surface area contributed by atoms with Crippen LogP contribution in [0, 0.1) is 6.92 Å². The van der Waals surface area contributed by atoms with Crippen LogP contribution in [0.3, 0.4) is 0 Å². The van der Waals surface area contributed by atoms with Gasteiger partial charge in [0.05, 0.1) is 5.75 Å². The van der Waals surface area contributed by atoms with Crippen LogP contribution >= 0.6 is 24.0 Å². The maximum Gasteiger partial charge on any atom is 0.215 e. The average Bonchev–Trinajstić information content (AvgIpc) is 2.64. The quantitative estimate of drug-likeness (QED) is 0.309. The van der Waals surface area contributed by atoms with Gasteiger partial charge in [0, 0.05) is 20.1 Å². The molecule has 0 bridgehead atoms. The maximum absolute atomic E-state index is 11.6. The number of rotatable bonds is 7. The van der Waals surface area contributed by atoms with Gasteiger partial charge >= 0.3 is 0 Å². The van der Waals surface area contributed by atoms with Crippen molar-refractivity contribution in [1.82, 2.24) is 15.4 Å². The number of aryl methyl sites for hydroxylation is 1. The van der Waals surface area contributed by atoms with Crippen molar-refractivity contribution in [2.75, 3.05) is 14.1 Å². The summed E-state index contributed by atoms with van der Waals surface area (Å²) in [6, 6.07) is 15.8. The number of halogens is 1. The van der Waals surface area contributed by atoms with Gasteiger partial charge in [-0.15, -0.1) is 24.0 Å². The van der Waals surface area contributed by atoms with Crippen molar-refractivity contribution >= 4 is 40.0 Å². The highest BCUT2D eigenvalue weighted by Gasteiger charge is 2.08. The molecule has 6 nitrogen and oxygen atoms in total. The van der Waals surface area contributed by atoms with Crippen LogP contribution in [0.1, 0.15) is 22.3 Å². The highest BCUT2D eigenvalue weighted by Crippen LogP contribution is 2.08. The highest BCUT2D eigenvalue weighted by atomic mass is 127. The summed E-state index contributed by atoms with van der Waals surface area (Å²) < 4.78 is 25.5. The Hall–Kier alpha value is -1.65. The standard InChI is InChI=1S/C19H26N4O2S.HI/c1-15-4-6-16(7-5-15)12-22-19(20-2)23-13-17-8-10-18(11-9-17)14-26(24,25)21-3;/h4-11,21H,12-14H2,1-3H3,(H2,20,22,23);1H. The fourth-order valence-electron chi connectivity index (χ4n) is 2.34. The Kier molecular flexibility index (Phi) is 9.75. The third-order valence-electron chi connectivity index (χ3n) is 3.95. The molecule has 0 spiro atoms. The first-order chi connectivity index (χ1) is 12.4. The second kappa shape index (κ2) is 11.3. The molecule has 2 aromatic carbocycles. The fraction of sp³-hybridized carbons (Fsp3) is 0.316. The van der Waals surface area contributed by atoms with Crippen molar-refractivity contribution in [3.8, 4) is 0 Å². The number of nitrogens with one attached hydrogen (secondary N) is 3. The minimum Gasteiger partial charge on any atom is -0.352 e. The molecule has 3 N–H and O–H groups in total. The molecule has 0 aliphatic rings. The monoisotopic (exact) mass is 502 g/mol. The van der Waals surface area contributed by atoms with Gasteiger partial charge in [-0.25, -0.2) is 13.1 Å². The van der Waals surface area contributed by atoms with Gasteiger partial charge in [0.15, 0.2) is 5.96 Å². The highest BCUT2D eigenvalue weighted by molar-refractivity contribution is 14.0. The van der Waals surface area contributed by atoms with E-state index >= 15 is 0 Å². The summed E-state index contributed by atoms with van der Waals surface area (Å²) >= 11 is 0. The molecule has 0 amide bonds. The van der Waals surface area contributed by atoms with Crippen molar-refractivity contribution < 1.29 is 8.42 Å². The summed E-state index contributed by atoms with van der Waals surface area (Å²) in [6.07, 6.45) is 0. The molecule has 8 heteroatoms. The van der Waals surface area contributed by atoms with Crippen LogP contribution in [0.5, 0.6) is 0 Å². The van der Waals surface area contributed by atoms with E-state index in [-0.39, 0.29) is 29.7 Å². The van der Waals surface area contributed by atoms with Crippen LogP contribution in [0.4, 0.5) is 0 Å². The Morgan fingerprint density at radius 2 is 1.33 bits per heavy atom. The second-order valence-corrected chi connectivity index (χ2v) is 7.97. The van der Waals surface area contributed by atoms with E-state index in [1.807, 2.05) is 24.3 Å². The molecule has 2 aromatic rings. The minimum absolute atomic E-state index is 0. The van der Waals surface area contributed by atoms with Crippen molar-refractivity contribution in [3.63, 3.8) is 0 Å². The number of aliphatic imine (C=N–C) groups is 1. The van der Waals surface area contributed by atoms with E-state index in [1.54, 1.807) is 7.05 Å². The number of guanidine groups is 1. The van der Waals surface area contributed by atoms with Gasteiger partial charge in [0.1, 0.15) is 0 Å². The Labute approximate surface area is 178 Å². The molecule has 2 rings (SSSR count). The molecular formula is C19H27IN4O2S. The third-order valence-corrected chi connectivity index (χ3v) is 5.29. The lowest BCUT2D eigenvalue weighted by Gasteiger charge is -2.12. The zero-order chi connectivity index (χ0) is 19.0. The molecule has 0 unspecified atom stereocenters. The van der Waals surface area contributed by atoms with Crippen LogP contribution in [-0.2, 0) is 28.9 Å². The number of hydrogen-bond acceptors (Lipinski definition) is 3. The van der Waals surface area contributed by atoms with Crippen LogP contribution in [0.15, 0.2) is 53.5 Å².